The van der Waals surface area contributed by atoms with Crippen molar-refractivity contribution < 1.29 is 9.59 Å². The molecule has 1 aromatic carbocycles. The van der Waals surface area contributed by atoms with Crippen molar-refractivity contribution in [1.82, 2.24) is 10.6 Å². The highest BCUT2D eigenvalue weighted by molar-refractivity contribution is 6.30. The number of imide groups is 1. The molecular formula is C9H7ClN2O2. The van der Waals surface area contributed by atoms with Crippen LogP contribution in [0.1, 0.15) is 11.6 Å². The summed E-state index contributed by atoms with van der Waals surface area (Å²) in [5.74, 6) is -0.336. The van der Waals surface area contributed by atoms with Gasteiger partial charge in [-0.1, -0.05) is 23.7 Å². The van der Waals surface area contributed by atoms with Crippen molar-refractivity contribution in [3.05, 3.63) is 34.9 Å². The van der Waals surface area contributed by atoms with E-state index in [0.29, 0.717) is 5.02 Å². The van der Waals surface area contributed by atoms with Crippen LogP contribution in [0.5, 0.6) is 0 Å². The van der Waals surface area contributed by atoms with E-state index < -0.39 is 12.1 Å². The second kappa shape index (κ2) is 3.31. The molecule has 1 fully saturated rings. The van der Waals surface area contributed by atoms with Gasteiger partial charge in [0.2, 0.25) is 0 Å². The van der Waals surface area contributed by atoms with Crippen LogP contribution in [0.4, 0.5) is 4.79 Å². The topological polar surface area (TPSA) is 58.2 Å². The summed E-state index contributed by atoms with van der Waals surface area (Å²) in [4.78, 5) is 22.1. The van der Waals surface area contributed by atoms with Crippen molar-refractivity contribution in [2.75, 3.05) is 0 Å². The lowest BCUT2D eigenvalue weighted by molar-refractivity contribution is -0.120. The summed E-state index contributed by atoms with van der Waals surface area (Å²) >= 11 is 5.70. The second-order valence-electron chi connectivity index (χ2n) is 2.95. The summed E-state index contributed by atoms with van der Waals surface area (Å²) in [5, 5.41) is 5.25. The van der Waals surface area contributed by atoms with E-state index in [1.807, 2.05) is 0 Å². The van der Waals surface area contributed by atoms with Crippen LogP contribution in [0.2, 0.25) is 5.02 Å². The molecule has 14 heavy (non-hydrogen) atoms. The maximum atomic E-state index is 11.2. The van der Waals surface area contributed by atoms with Gasteiger partial charge in [0.25, 0.3) is 5.91 Å². The first-order valence-electron chi connectivity index (χ1n) is 4.03. The van der Waals surface area contributed by atoms with E-state index in [2.05, 4.69) is 10.6 Å². The van der Waals surface area contributed by atoms with E-state index in [1.165, 1.54) is 0 Å². The molecule has 3 amide bonds. The van der Waals surface area contributed by atoms with Crippen LogP contribution in [0.3, 0.4) is 0 Å². The van der Waals surface area contributed by atoms with Crippen LogP contribution in [0.15, 0.2) is 24.3 Å². The van der Waals surface area contributed by atoms with Gasteiger partial charge in [-0.25, -0.2) is 4.79 Å². The lowest BCUT2D eigenvalue weighted by Gasteiger charge is -2.06. The fourth-order valence-corrected chi connectivity index (χ4v) is 1.43. The molecule has 2 N–H and O–H groups in total. The highest BCUT2D eigenvalue weighted by Gasteiger charge is 2.30. The number of carbonyl (C=O) groups is 2. The van der Waals surface area contributed by atoms with E-state index >= 15 is 0 Å². The van der Waals surface area contributed by atoms with Crippen molar-refractivity contribution in [2.45, 2.75) is 6.04 Å². The Morgan fingerprint density at radius 2 is 1.79 bits per heavy atom. The fraction of sp³-hybridized carbons (Fsp3) is 0.111. The van der Waals surface area contributed by atoms with E-state index in [1.54, 1.807) is 24.3 Å². The molecule has 0 radical (unpaired) electrons. The maximum Gasteiger partial charge on any atom is 0.322 e. The number of urea groups is 1. The number of benzene rings is 1. The molecule has 1 aromatic rings. The average Bonchev–Trinajstić information content (AvgIpc) is 2.47. The monoisotopic (exact) mass is 210 g/mol. The van der Waals surface area contributed by atoms with Gasteiger partial charge in [-0.15, -0.1) is 0 Å². The summed E-state index contributed by atoms with van der Waals surface area (Å²) in [5.41, 5.74) is 0.720. The minimum atomic E-state index is -0.597. The number of nitrogens with one attached hydrogen (secondary N) is 2. The molecule has 2 rings (SSSR count). The number of rotatable bonds is 1. The summed E-state index contributed by atoms with van der Waals surface area (Å²) < 4.78 is 0. The Bertz CT molecular complexity index is 388. The van der Waals surface area contributed by atoms with Crippen molar-refractivity contribution in [3.8, 4) is 0 Å². The molecule has 0 unspecified atom stereocenters. The molecule has 1 aliphatic rings. The molecule has 1 saturated heterocycles. The molecule has 72 valence electrons. The van der Waals surface area contributed by atoms with Gasteiger partial charge in [-0.05, 0) is 17.7 Å². The second-order valence-corrected chi connectivity index (χ2v) is 3.38. The third-order valence-corrected chi connectivity index (χ3v) is 2.23. The normalized spacial score (nSPS) is 20.5. The van der Waals surface area contributed by atoms with Crippen LogP contribution in [0, 0.1) is 0 Å². The van der Waals surface area contributed by atoms with Crippen LogP contribution < -0.4 is 10.6 Å². The molecule has 0 aromatic heterocycles. The summed E-state index contributed by atoms with van der Waals surface area (Å²) in [6, 6.07) is 5.70. The minimum absolute atomic E-state index is 0.336. The standard InChI is InChI=1S/C9H7ClN2O2/c10-6-3-1-5(2-4-6)7-8(13)12-9(14)11-7/h1-4,7H,(H2,11,12,13,14)/t7-/m0/s1. The van der Waals surface area contributed by atoms with Crippen molar-refractivity contribution in [2.24, 2.45) is 0 Å². The Morgan fingerprint density at radius 1 is 1.14 bits per heavy atom. The number of hydrogen-bond donors (Lipinski definition) is 2. The zero-order valence-electron chi connectivity index (χ0n) is 7.08. The van der Waals surface area contributed by atoms with Crippen molar-refractivity contribution in [1.29, 1.82) is 0 Å². The summed E-state index contributed by atoms with van der Waals surface area (Å²) in [7, 11) is 0. The maximum absolute atomic E-state index is 11.2. The lowest BCUT2D eigenvalue weighted by Crippen LogP contribution is -2.22. The third-order valence-electron chi connectivity index (χ3n) is 1.98. The Hall–Kier alpha value is -1.55. The first-order valence-corrected chi connectivity index (χ1v) is 4.41. The van der Waals surface area contributed by atoms with Gasteiger partial charge >= 0.3 is 6.03 Å². The van der Waals surface area contributed by atoms with Gasteiger partial charge < -0.3 is 5.32 Å². The predicted molar refractivity (Wildman–Crippen MR) is 50.9 cm³/mol. The molecule has 0 spiro atoms. The highest BCUT2D eigenvalue weighted by atomic mass is 35.5. The molecular weight excluding hydrogens is 204 g/mol. The van der Waals surface area contributed by atoms with Gasteiger partial charge in [-0.3, -0.25) is 10.1 Å². The van der Waals surface area contributed by atoms with Crippen molar-refractivity contribution in [3.63, 3.8) is 0 Å². The molecule has 1 atom stereocenters. The summed E-state index contributed by atoms with van der Waals surface area (Å²) in [6.07, 6.45) is 0. The van der Waals surface area contributed by atoms with Crippen LogP contribution in [0.25, 0.3) is 0 Å². The minimum Gasteiger partial charge on any atom is -0.322 e. The average molecular weight is 211 g/mol. The van der Waals surface area contributed by atoms with Crippen LogP contribution in [-0.2, 0) is 4.79 Å². The zero-order valence-corrected chi connectivity index (χ0v) is 7.84. The SMILES string of the molecule is O=C1NC(=O)[C@H](c2ccc(Cl)cc2)N1. The Balaban J connectivity index is 2.27. The number of halogens is 1. The third kappa shape index (κ3) is 1.56. The molecule has 1 heterocycles. The molecule has 0 saturated carbocycles. The summed E-state index contributed by atoms with van der Waals surface area (Å²) in [6.45, 7) is 0. The van der Waals surface area contributed by atoms with Gasteiger partial charge in [-0.2, -0.15) is 0 Å². The van der Waals surface area contributed by atoms with Gasteiger partial charge in [0.05, 0.1) is 0 Å². The number of hydrogen-bond acceptors (Lipinski definition) is 2. The largest absolute Gasteiger partial charge is 0.322 e. The van der Waals surface area contributed by atoms with Gasteiger partial charge in [0.15, 0.2) is 0 Å². The number of amides is 3. The first-order chi connectivity index (χ1) is 6.66. The Labute approximate surface area is 85.2 Å². The zero-order chi connectivity index (χ0) is 10.1. The smallest absolute Gasteiger partial charge is 0.322 e. The van der Waals surface area contributed by atoms with E-state index in [9.17, 15) is 9.59 Å². The van der Waals surface area contributed by atoms with Crippen LogP contribution >= 0.6 is 11.6 Å². The number of carbonyl (C=O) groups excluding carboxylic acids is 2. The van der Waals surface area contributed by atoms with E-state index in [0.717, 1.165) is 5.56 Å². The van der Waals surface area contributed by atoms with Gasteiger partial charge in [0, 0.05) is 5.02 Å². The quantitative estimate of drug-likeness (QED) is 0.685. The van der Waals surface area contributed by atoms with Gasteiger partial charge in [0.1, 0.15) is 6.04 Å². The Kier molecular flexibility index (Phi) is 2.13. The van der Waals surface area contributed by atoms with E-state index in [4.69, 9.17) is 11.6 Å². The van der Waals surface area contributed by atoms with Crippen molar-refractivity contribution >= 4 is 23.5 Å². The molecule has 0 bridgehead atoms. The lowest BCUT2D eigenvalue weighted by atomic mass is 10.1. The highest BCUT2D eigenvalue weighted by Crippen LogP contribution is 2.18. The predicted octanol–water partition coefficient (Wildman–Crippen LogP) is 1.22. The first kappa shape index (κ1) is 9.02. The van der Waals surface area contributed by atoms with Crippen LogP contribution in [-0.4, -0.2) is 11.9 Å². The van der Waals surface area contributed by atoms with E-state index in [-0.39, 0.29) is 5.91 Å². The Morgan fingerprint density at radius 3 is 2.29 bits per heavy atom. The fourth-order valence-electron chi connectivity index (χ4n) is 1.31. The molecule has 4 nitrogen and oxygen atoms in total. The molecule has 5 heteroatoms. The molecule has 1 aliphatic heterocycles. The molecule has 0 aliphatic carbocycles.